The number of aliphatic hydroxyl groups is 1. The summed E-state index contributed by atoms with van der Waals surface area (Å²) in [5.74, 6) is -3.52. The van der Waals surface area contributed by atoms with Gasteiger partial charge in [0.05, 0.1) is 18.7 Å². The van der Waals surface area contributed by atoms with Gasteiger partial charge in [0.25, 0.3) is 11.8 Å². The van der Waals surface area contributed by atoms with Gasteiger partial charge in [-0.2, -0.15) is 10.1 Å². The largest absolute Gasteiger partial charge is 0.519 e. The van der Waals surface area contributed by atoms with Crippen LogP contribution >= 0.6 is 11.6 Å². The smallest absolute Gasteiger partial charge is 0.455 e. The van der Waals surface area contributed by atoms with E-state index in [1.54, 1.807) is 54.6 Å². The number of benzene rings is 3. The molecule has 0 bridgehead atoms. The van der Waals surface area contributed by atoms with E-state index in [2.05, 4.69) is 10.5 Å². The highest BCUT2D eigenvalue weighted by molar-refractivity contribution is 6.44. The zero-order chi connectivity index (χ0) is 32.1. The molecule has 1 aliphatic heterocycles. The number of ether oxygens (including phenoxy) is 1. The third-order valence-corrected chi connectivity index (χ3v) is 6.95. The molecule has 0 radical (unpaired) electrons. The Labute approximate surface area is 260 Å². The molecule has 0 unspecified atom stereocenters. The molecule has 0 spiro atoms. The number of para-hydroxylation sites is 1. The summed E-state index contributed by atoms with van der Waals surface area (Å²) in [6.07, 6.45) is -2.02. The minimum atomic E-state index is -1.75. The first kappa shape index (κ1) is 31.3. The van der Waals surface area contributed by atoms with Crippen molar-refractivity contribution in [3.05, 3.63) is 111 Å². The van der Waals surface area contributed by atoms with E-state index in [-0.39, 0.29) is 30.2 Å². The summed E-state index contributed by atoms with van der Waals surface area (Å²) in [5, 5.41) is 17.6. The van der Waals surface area contributed by atoms with Crippen LogP contribution in [0.1, 0.15) is 23.5 Å². The van der Waals surface area contributed by atoms with Gasteiger partial charge in [-0.15, -0.1) is 0 Å². The summed E-state index contributed by atoms with van der Waals surface area (Å²) in [6.45, 7) is 0.528. The van der Waals surface area contributed by atoms with Crippen molar-refractivity contribution in [3.8, 4) is 11.1 Å². The lowest BCUT2D eigenvalue weighted by molar-refractivity contribution is -0.157. The molecule has 3 aromatic carbocycles. The third kappa shape index (κ3) is 7.70. The number of esters is 1. The molecular weight excluding hydrogens is 611 g/mol. The van der Waals surface area contributed by atoms with Crippen molar-refractivity contribution in [2.75, 3.05) is 11.6 Å². The van der Waals surface area contributed by atoms with Crippen LogP contribution in [0, 0.1) is 12.7 Å². The first-order chi connectivity index (χ1) is 21.6. The van der Waals surface area contributed by atoms with Crippen LogP contribution in [0.4, 0.5) is 10.1 Å². The van der Waals surface area contributed by atoms with E-state index in [1.807, 2.05) is 0 Å². The number of aryl methyl sites for hydroxylation is 1. The summed E-state index contributed by atoms with van der Waals surface area (Å²) >= 11 is 6.03. The van der Waals surface area contributed by atoms with E-state index in [0.717, 1.165) is 5.01 Å². The van der Waals surface area contributed by atoms with Crippen molar-refractivity contribution >= 4 is 40.8 Å². The first-order valence-electron chi connectivity index (χ1n) is 13.6. The number of hydrogen-bond donors (Lipinski definition) is 2. The number of anilines is 1. The molecule has 1 aromatic heterocycles. The van der Waals surface area contributed by atoms with E-state index in [0.29, 0.717) is 27.4 Å². The average molecular weight is 637 g/mol. The van der Waals surface area contributed by atoms with Gasteiger partial charge in [0.15, 0.2) is 24.2 Å². The van der Waals surface area contributed by atoms with Crippen molar-refractivity contribution in [1.29, 1.82) is 0 Å². The second-order valence-electron chi connectivity index (χ2n) is 9.96. The standard InChI is InChI=1S/C31H26ClFN4O8/c1-18-27(45-31(42)44-18)17-43-30(41)26(38)16-36(15-19-7-9-20(10-8-19)23-13-21(32)11-12-24(23)33)35-29(40)25-14-28(39)37(34-25)22-5-3-2-4-6-22/h2-13,26,38H,14-17H2,1H3,(H,35,40)/t26-/m1/s1. The first-order valence-corrected chi connectivity index (χ1v) is 13.9. The maximum atomic E-state index is 14.4. The van der Waals surface area contributed by atoms with E-state index < -0.39 is 48.7 Å². The zero-order valence-electron chi connectivity index (χ0n) is 23.7. The minimum absolute atomic E-state index is 0.0196. The van der Waals surface area contributed by atoms with Gasteiger partial charge >= 0.3 is 11.8 Å². The summed E-state index contributed by atoms with van der Waals surface area (Å²) in [5.41, 5.74) is 4.48. The van der Waals surface area contributed by atoms with E-state index in [4.69, 9.17) is 25.2 Å². The summed E-state index contributed by atoms with van der Waals surface area (Å²) < 4.78 is 29.0. The highest BCUT2D eigenvalue weighted by atomic mass is 35.5. The number of carbonyl (C=O) groups is 3. The van der Waals surface area contributed by atoms with Crippen molar-refractivity contribution in [2.45, 2.75) is 32.6 Å². The summed E-state index contributed by atoms with van der Waals surface area (Å²) in [4.78, 5) is 49.6. The van der Waals surface area contributed by atoms with Crippen LogP contribution < -0.4 is 16.3 Å². The summed E-state index contributed by atoms with van der Waals surface area (Å²) in [6, 6.07) is 19.5. The monoisotopic (exact) mass is 636 g/mol. The fraction of sp³-hybridized carbons (Fsp3) is 0.194. The predicted molar refractivity (Wildman–Crippen MR) is 159 cm³/mol. The molecule has 2 heterocycles. The lowest BCUT2D eigenvalue weighted by atomic mass is 10.0. The molecule has 1 aliphatic rings. The van der Waals surface area contributed by atoms with Crippen molar-refractivity contribution in [3.63, 3.8) is 0 Å². The number of amides is 2. The Morgan fingerprint density at radius 3 is 2.53 bits per heavy atom. The van der Waals surface area contributed by atoms with Crippen LogP contribution in [-0.2, 0) is 32.3 Å². The molecule has 5 rings (SSSR count). The Bertz CT molecular complexity index is 1810. The summed E-state index contributed by atoms with van der Waals surface area (Å²) in [7, 11) is 0. The van der Waals surface area contributed by atoms with Gasteiger partial charge in [-0.3, -0.25) is 15.0 Å². The van der Waals surface area contributed by atoms with Gasteiger partial charge in [-0.05, 0) is 48.4 Å². The van der Waals surface area contributed by atoms with Crippen LogP contribution in [0.15, 0.2) is 91.5 Å². The van der Waals surface area contributed by atoms with Gasteiger partial charge in [0.2, 0.25) is 0 Å². The molecule has 0 fully saturated rings. The minimum Gasteiger partial charge on any atom is -0.455 e. The van der Waals surface area contributed by atoms with Crippen molar-refractivity contribution in [1.82, 2.24) is 10.4 Å². The highest BCUT2D eigenvalue weighted by Gasteiger charge is 2.31. The van der Waals surface area contributed by atoms with Crippen LogP contribution in [0.5, 0.6) is 0 Å². The number of hydrazine groups is 1. The SMILES string of the molecule is Cc1oc(=O)oc1COC(=O)[C@H](O)CN(Cc1ccc(-c2cc(Cl)ccc2F)cc1)NC(=O)C1=NN(c2ccccc2)C(=O)C1. The third-order valence-electron chi connectivity index (χ3n) is 6.71. The maximum Gasteiger partial charge on any atom is 0.519 e. The molecule has 12 nitrogen and oxygen atoms in total. The van der Waals surface area contributed by atoms with Crippen LogP contribution in [-0.4, -0.2) is 46.3 Å². The second kappa shape index (κ2) is 13.7. The number of nitrogens with one attached hydrogen (secondary N) is 1. The topological polar surface area (TPSA) is 155 Å². The molecule has 45 heavy (non-hydrogen) atoms. The molecule has 14 heteroatoms. The molecule has 232 valence electrons. The normalized spacial score (nSPS) is 13.6. The highest BCUT2D eigenvalue weighted by Crippen LogP contribution is 2.26. The Balaban J connectivity index is 1.31. The van der Waals surface area contributed by atoms with Crippen molar-refractivity contribution in [2.24, 2.45) is 5.10 Å². The lowest BCUT2D eigenvalue weighted by Gasteiger charge is -2.25. The van der Waals surface area contributed by atoms with Crippen LogP contribution in [0.3, 0.4) is 0 Å². The molecule has 1 atom stereocenters. The number of halogens is 2. The number of carbonyl (C=O) groups excluding carboxylic acids is 3. The molecule has 0 saturated heterocycles. The quantitative estimate of drug-likeness (QED) is 0.185. The zero-order valence-corrected chi connectivity index (χ0v) is 24.5. The van der Waals surface area contributed by atoms with Crippen LogP contribution in [0.2, 0.25) is 5.02 Å². The number of nitrogens with zero attached hydrogens (tertiary/aromatic N) is 3. The fourth-order valence-electron chi connectivity index (χ4n) is 4.44. The van der Waals surface area contributed by atoms with E-state index in [1.165, 1.54) is 30.1 Å². The van der Waals surface area contributed by atoms with E-state index >= 15 is 0 Å². The number of rotatable bonds is 11. The maximum absolute atomic E-state index is 14.4. The van der Waals surface area contributed by atoms with Crippen LogP contribution in [0.25, 0.3) is 11.1 Å². The number of hydrazone groups is 1. The van der Waals surface area contributed by atoms with Crippen molar-refractivity contribution < 1.29 is 37.5 Å². The predicted octanol–water partition coefficient (Wildman–Crippen LogP) is 3.73. The number of hydrogen-bond acceptors (Lipinski definition) is 10. The Kier molecular flexibility index (Phi) is 9.52. The molecule has 0 aliphatic carbocycles. The van der Waals surface area contributed by atoms with Gasteiger partial charge in [-0.1, -0.05) is 54.1 Å². The Morgan fingerprint density at radius 2 is 1.84 bits per heavy atom. The Morgan fingerprint density at radius 1 is 1.11 bits per heavy atom. The lowest BCUT2D eigenvalue weighted by Crippen LogP contribution is -2.49. The number of aliphatic hydroxyl groups excluding tert-OH is 1. The van der Waals surface area contributed by atoms with Gasteiger partial charge in [0, 0.05) is 17.1 Å². The average Bonchev–Trinajstić information content (AvgIpc) is 3.58. The Hall–Kier alpha value is -5.11. The second-order valence-corrected chi connectivity index (χ2v) is 10.4. The van der Waals surface area contributed by atoms with E-state index in [9.17, 15) is 28.7 Å². The molecule has 4 aromatic rings. The molecule has 2 amide bonds. The fourth-order valence-corrected chi connectivity index (χ4v) is 4.61. The van der Waals surface area contributed by atoms with Gasteiger partial charge in [0.1, 0.15) is 11.5 Å². The molecular formula is C31H26ClFN4O8. The van der Waals surface area contributed by atoms with Gasteiger partial charge in [-0.25, -0.2) is 19.0 Å². The molecule has 2 N–H and O–H groups in total. The van der Waals surface area contributed by atoms with Gasteiger partial charge < -0.3 is 18.7 Å². The molecule has 0 saturated carbocycles.